The molecule has 3 rings (SSSR count). The van der Waals surface area contributed by atoms with Crippen LogP contribution in [0, 0.1) is 0 Å². The summed E-state index contributed by atoms with van der Waals surface area (Å²) in [7, 11) is 0. The predicted octanol–water partition coefficient (Wildman–Crippen LogP) is 4.61. The average Bonchev–Trinajstić information content (AvgIpc) is 3.33. The van der Waals surface area contributed by atoms with Gasteiger partial charge >= 0.3 is 11.9 Å². The zero-order chi connectivity index (χ0) is 21.5. The van der Waals surface area contributed by atoms with Gasteiger partial charge in [-0.1, -0.05) is 56.5 Å². The summed E-state index contributed by atoms with van der Waals surface area (Å²) in [5.41, 5.74) is 1.94. The van der Waals surface area contributed by atoms with Crippen LogP contribution >= 0.6 is 0 Å². The molecule has 1 aromatic carbocycles. The van der Waals surface area contributed by atoms with Crippen LogP contribution in [0.2, 0.25) is 0 Å². The highest BCUT2D eigenvalue weighted by Crippen LogP contribution is 2.32. The van der Waals surface area contributed by atoms with Crippen molar-refractivity contribution in [3.05, 3.63) is 59.4 Å². The molecule has 6 nitrogen and oxygen atoms in total. The number of nitrogens with zero attached hydrogens (tertiary/aromatic N) is 1. The fourth-order valence-electron chi connectivity index (χ4n) is 3.83. The van der Waals surface area contributed by atoms with Gasteiger partial charge in [0.05, 0.1) is 11.6 Å². The van der Waals surface area contributed by atoms with Crippen LogP contribution in [0.1, 0.15) is 80.0 Å². The van der Waals surface area contributed by atoms with Crippen LogP contribution in [0.3, 0.4) is 0 Å². The number of unbranched alkanes of at least 4 members (excludes halogenated alkanes) is 3. The van der Waals surface area contributed by atoms with Crippen molar-refractivity contribution in [3.8, 4) is 0 Å². The molecule has 0 bridgehead atoms. The maximum absolute atomic E-state index is 12.8. The Hall–Kier alpha value is -2.89. The maximum Gasteiger partial charge on any atom is 0.318 e. The second-order valence-electron chi connectivity index (χ2n) is 7.64. The summed E-state index contributed by atoms with van der Waals surface area (Å²) >= 11 is 0. The summed E-state index contributed by atoms with van der Waals surface area (Å²) in [6.07, 6.45) is 3.93. The Morgan fingerprint density at radius 2 is 1.80 bits per heavy atom. The van der Waals surface area contributed by atoms with Crippen LogP contribution in [0.15, 0.2) is 42.5 Å². The Labute approximate surface area is 177 Å². The van der Waals surface area contributed by atoms with Crippen LogP contribution in [-0.2, 0) is 25.6 Å². The predicted molar refractivity (Wildman–Crippen MR) is 112 cm³/mol. The smallest absolute Gasteiger partial charge is 0.318 e. The van der Waals surface area contributed by atoms with Gasteiger partial charge in [-0.05, 0) is 25.0 Å². The van der Waals surface area contributed by atoms with Crippen molar-refractivity contribution in [3.63, 3.8) is 0 Å². The van der Waals surface area contributed by atoms with Crippen LogP contribution in [0.4, 0.5) is 0 Å². The summed E-state index contributed by atoms with van der Waals surface area (Å²) in [6.45, 7) is 4.24. The number of benzene rings is 1. The molecule has 2 atom stereocenters. The number of ether oxygens (including phenoxy) is 2. The molecule has 2 heterocycles. The molecule has 1 aromatic heterocycles. The molecule has 0 N–H and O–H groups in total. The van der Waals surface area contributed by atoms with E-state index in [2.05, 4.69) is 6.92 Å². The molecule has 160 valence electrons. The fourth-order valence-corrected chi connectivity index (χ4v) is 3.83. The van der Waals surface area contributed by atoms with Crippen molar-refractivity contribution in [1.82, 2.24) is 4.57 Å². The third-order valence-electron chi connectivity index (χ3n) is 5.38. The zero-order valence-electron chi connectivity index (χ0n) is 17.6. The van der Waals surface area contributed by atoms with E-state index in [1.807, 2.05) is 22.8 Å². The Kier molecular flexibility index (Phi) is 7.44. The van der Waals surface area contributed by atoms with Crippen LogP contribution in [-0.4, -0.2) is 28.6 Å². The summed E-state index contributed by atoms with van der Waals surface area (Å²) in [6, 6.07) is 12.6. The van der Waals surface area contributed by atoms with Crippen molar-refractivity contribution in [2.75, 3.05) is 0 Å². The van der Waals surface area contributed by atoms with Crippen molar-refractivity contribution in [2.24, 2.45) is 0 Å². The molecule has 0 amide bonds. The number of hydrogen-bond donors (Lipinski definition) is 0. The molecular formula is C24H29NO5. The number of fused-ring (bicyclic) bond motifs is 1. The fraction of sp³-hybridized carbons (Fsp3) is 0.458. The highest BCUT2D eigenvalue weighted by atomic mass is 16.7. The van der Waals surface area contributed by atoms with E-state index in [0.717, 1.165) is 31.4 Å². The van der Waals surface area contributed by atoms with E-state index in [1.165, 1.54) is 0 Å². The maximum atomic E-state index is 12.8. The minimum atomic E-state index is -0.925. The number of carbonyl (C=O) groups excluding carboxylic acids is 3. The van der Waals surface area contributed by atoms with E-state index >= 15 is 0 Å². The van der Waals surface area contributed by atoms with Crippen LogP contribution in [0.25, 0.3) is 0 Å². The first-order valence-corrected chi connectivity index (χ1v) is 10.7. The molecule has 30 heavy (non-hydrogen) atoms. The lowest BCUT2D eigenvalue weighted by molar-refractivity contribution is -0.185. The van der Waals surface area contributed by atoms with Gasteiger partial charge in [0.2, 0.25) is 12.1 Å². The number of ketones is 1. The van der Waals surface area contributed by atoms with Gasteiger partial charge in [-0.15, -0.1) is 0 Å². The molecule has 0 saturated heterocycles. The first kappa shape index (κ1) is 21.8. The monoisotopic (exact) mass is 411 g/mol. The standard InChI is InChI=1S/C24H29NO5/c1-3-4-5-9-12-22(26)29-17(2)30-24(28)19-15-16-25-20(19)13-14-21(25)23(27)18-10-7-6-8-11-18/h6-8,10-11,13-14,17,19H,3-5,9,12,15-16H2,1-2H3. The van der Waals surface area contributed by atoms with E-state index in [1.54, 1.807) is 31.2 Å². The molecule has 1 aliphatic rings. The normalized spacial score (nSPS) is 16.0. The first-order chi connectivity index (χ1) is 14.5. The van der Waals surface area contributed by atoms with E-state index in [9.17, 15) is 14.4 Å². The number of hydrogen-bond acceptors (Lipinski definition) is 5. The van der Waals surface area contributed by atoms with Crippen molar-refractivity contribution >= 4 is 17.7 Å². The van der Waals surface area contributed by atoms with Gasteiger partial charge in [-0.25, -0.2) is 0 Å². The molecule has 1 aliphatic heterocycles. The van der Waals surface area contributed by atoms with Crippen molar-refractivity contribution in [2.45, 2.75) is 71.1 Å². The van der Waals surface area contributed by atoms with Crippen LogP contribution in [0.5, 0.6) is 0 Å². The Morgan fingerprint density at radius 1 is 1.03 bits per heavy atom. The largest absolute Gasteiger partial charge is 0.425 e. The van der Waals surface area contributed by atoms with Crippen molar-refractivity contribution < 1.29 is 23.9 Å². The van der Waals surface area contributed by atoms with E-state index in [4.69, 9.17) is 9.47 Å². The van der Waals surface area contributed by atoms with E-state index in [0.29, 0.717) is 30.6 Å². The van der Waals surface area contributed by atoms with Gasteiger partial charge in [0.25, 0.3) is 0 Å². The lowest BCUT2D eigenvalue weighted by Crippen LogP contribution is -2.24. The number of carbonyl (C=O) groups is 3. The molecule has 0 aliphatic carbocycles. The number of rotatable bonds is 10. The summed E-state index contributed by atoms with van der Waals surface area (Å²) in [5, 5.41) is 0. The van der Waals surface area contributed by atoms with Gasteiger partial charge in [-0.3, -0.25) is 14.4 Å². The van der Waals surface area contributed by atoms with Gasteiger partial charge < -0.3 is 14.0 Å². The molecule has 0 fully saturated rings. The Morgan fingerprint density at radius 3 is 2.53 bits per heavy atom. The summed E-state index contributed by atoms with van der Waals surface area (Å²) in [4.78, 5) is 37.3. The van der Waals surface area contributed by atoms with Gasteiger partial charge in [0.15, 0.2) is 0 Å². The summed E-state index contributed by atoms with van der Waals surface area (Å²) < 4.78 is 12.5. The average molecular weight is 411 g/mol. The topological polar surface area (TPSA) is 74.6 Å². The van der Waals surface area contributed by atoms with Crippen molar-refractivity contribution in [1.29, 1.82) is 0 Å². The lowest BCUT2D eigenvalue weighted by Gasteiger charge is -2.16. The van der Waals surface area contributed by atoms with Crippen LogP contribution < -0.4 is 0 Å². The zero-order valence-corrected chi connectivity index (χ0v) is 17.6. The molecule has 2 aromatic rings. The number of esters is 2. The third-order valence-corrected chi connectivity index (χ3v) is 5.38. The number of aromatic nitrogens is 1. The van der Waals surface area contributed by atoms with Gasteiger partial charge in [0.1, 0.15) is 0 Å². The molecule has 6 heteroatoms. The minimum absolute atomic E-state index is 0.0683. The molecule has 0 spiro atoms. The van der Waals surface area contributed by atoms with E-state index < -0.39 is 18.2 Å². The molecule has 2 unspecified atom stereocenters. The Balaban J connectivity index is 1.56. The second kappa shape index (κ2) is 10.2. The second-order valence-corrected chi connectivity index (χ2v) is 7.64. The van der Waals surface area contributed by atoms with Gasteiger partial charge in [-0.2, -0.15) is 0 Å². The van der Waals surface area contributed by atoms with E-state index in [-0.39, 0.29) is 11.8 Å². The molecule has 0 radical (unpaired) electrons. The third kappa shape index (κ3) is 5.17. The Bertz CT molecular complexity index is 886. The molecule has 0 saturated carbocycles. The lowest BCUT2D eigenvalue weighted by atomic mass is 10.1. The summed E-state index contributed by atoms with van der Waals surface area (Å²) in [5.74, 6) is -1.32. The quantitative estimate of drug-likeness (QED) is 0.247. The first-order valence-electron chi connectivity index (χ1n) is 10.7. The van der Waals surface area contributed by atoms with Gasteiger partial charge in [0, 0.05) is 31.1 Å². The molecular weight excluding hydrogens is 382 g/mol. The SMILES string of the molecule is CCCCCCC(=O)OC(C)OC(=O)C1CCn2c(C(=O)c3ccccc3)ccc21. The highest BCUT2D eigenvalue weighted by Gasteiger charge is 2.34. The minimum Gasteiger partial charge on any atom is -0.425 e. The highest BCUT2D eigenvalue weighted by molar-refractivity contribution is 6.08.